The molecule has 2 saturated heterocycles. The Bertz CT molecular complexity index is 538. The van der Waals surface area contributed by atoms with Crippen molar-refractivity contribution in [1.82, 2.24) is 10.2 Å². The minimum Gasteiger partial charge on any atom is -0.490 e. The number of hydrogen-bond donors (Lipinski definition) is 1. The van der Waals surface area contributed by atoms with Crippen molar-refractivity contribution >= 4 is 0 Å². The van der Waals surface area contributed by atoms with Crippen LogP contribution in [0.4, 0.5) is 0 Å². The Morgan fingerprint density at radius 3 is 2.79 bits per heavy atom. The minimum atomic E-state index is 0.514. The molecule has 134 valence electrons. The number of nitrogens with zero attached hydrogens (tertiary/aromatic N) is 1. The van der Waals surface area contributed by atoms with Gasteiger partial charge in [0.15, 0.2) is 11.5 Å². The summed E-state index contributed by atoms with van der Waals surface area (Å²) in [5, 5.41) is 3.53. The van der Waals surface area contributed by atoms with Crippen LogP contribution in [-0.2, 0) is 6.54 Å². The van der Waals surface area contributed by atoms with Gasteiger partial charge < -0.3 is 14.8 Å². The minimum absolute atomic E-state index is 0.514. The van der Waals surface area contributed by atoms with Gasteiger partial charge in [-0.2, -0.15) is 0 Å². The van der Waals surface area contributed by atoms with Crippen molar-refractivity contribution in [2.75, 3.05) is 39.4 Å². The molecule has 2 heterocycles. The molecule has 3 rings (SSSR count). The summed E-state index contributed by atoms with van der Waals surface area (Å²) >= 11 is 0. The van der Waals surface area contributed by atoms with Crippen LogP contribution in [0.3, 0.4) is 0 Å². The molecule has 4 nitrogen and oxygen atoms in total. The first-order chi connectivity index (χ1) is 11.6. The van der Waals surface area contributed by atoms with E-state index in [1.54, 1.807) is 0 Å². The second-order valence-corrected chi connectivity index (χ2v) is 7.81. The molecule has 0 aliphatic carbocycles. The molecule has 0 amide bonds. The van der Waals surface area contributed by atoms with Crippen molar-refractivity contribution in [3.05, 3.63) is 23.8 Å². The molecule has 24 heavy (non-hydrogen) atoms. The molecule has 1 spiro atoms. The average Bonchev–Trinajstić information content (AvgIpc) is 3.17. The summed E-state index contributed by atoms with van der Waals surface area (Å²) in [6.07, 6.45) is 2.66. The van der Waals surface area contributed by atoms with Crippen molar-refractivity contribution in [3.63, 3.8) is 0 Å². The molecule has 1 atom stereocenters. The van der Waals surface area contributed by atoms with Gasteiger partial charge in [-0.25, -0.2) is 0 Å². The van der Waals surface area contributed by atoms with Crippen LogP contribution in [0.15, 0.2) is 18.2 Å². The molecule has 0 radical (unpaired) electrons. The molecule has 1 aromatic rings. The third kappa shape index (κ3) is 4.22. The van der Waals surface area contributed by atoms with Crippen LogP contribution >= 0.6 is 0 Å². The smallest absolute Gasteiger partial charge is 0.161 e. The highest BCUT2D eigenvalue weighted by Crippen LogP contribution is 2.37. The molecule has 2 fully saturated rings. The van der Waals surface area contributed by atoms with Crippen LogP contribution in [-0.4, -0.2) is 44.3 Å². The first-order valence-electron chi connectivity index (χ1n) is 9.42. The molecule has 4 heteroatoms. The summed E-state index contributed by atoms with van der Waals surface area (Å²) < 4.78 is 11.7. The van der Waals surface area contributed by atoms with Crippen LogP contribution in [0, 0.1) is 11.3 Å². The lowest BCUT2D eigenvalue weighted by Gasteiger charge is -2.23. The largest absolute Gasteiger partial charge is 0.490 e. The van der Waals surface area contributed by atoms with Crippen LogP contribution < -0.4 is 14.8 Å². The second-order valence-electron chi connectivity index (χ2n) is 7.81. The summed E-state index contributed by atoms with van der Waals surface area (Å²) in [7, 11) is 0. The van der Waals surface area contributed by atoms with Crippen LogP contribution in [0.2, 0.25) is 0 Å². The number of hydrogen-bond acceptors (Lipinski definition) is 4. The van der Waals surface area contributed by atoms with E-state index in [-0.39, 0.29) is 0 Å². The van der Waals surface area contributed by atoms with Crippen molar-refractivity contribution in [2.45, 2.75) is 40.2 Å². The molecule has 0 saturated carbocycles. The Morgan fingerprint density at radius 2 is 2.08 bits per heavy atom. The van der Waals surface area contributed by atoms with Gasteiger partial charge in [0.25, 0.3) is 0 Å². The third-order valence-electron chi connectivity index (χ3n) is 5.14. The van der Waals surface area contributed by atoms with Gasteiger partial charge in [0.2, 0.25) is 0 Å². The summed E-state index contributed by atoms with van der Waals surface area (Å²) in [5.74, 6) is 2.26. The Kier molecular flexibility index (Phi) is 5.67. The zero-order valence-corrected chi connectivity index (χ0v) is 15.4. The molecule has 1 aromatic carbocycles. The Labute approximate surface area is 146 Å². The van der Waals surface area contributed by atoms with Gasteiger partial charge in [-0.3, -0.25) is 4.90 Å². The maximum Gasteiger partial charge on any atom is 0.161 e. The first kappa shape index (κ1) is 17.6. The van der Waals surface area contributed by atoms with Crippen molar-refractivity contribution < 1.29 is 9.47 Å². The Hall–Kier alpha value is -1.26. The van der Waals surface area contributed by atoms with E-state index in [9.17, 15) is 0 Å². The lowest BCUT2D eigenvalue weighted by atomic mass is 9.86. The summed E-state index contributed by atoms with van der Waals surface area (Å²) in [5.41, 5.74) is 1.85. The first-order valence-corrected chi connectivity index (χ1v) is 9.42. The maximum atomic E-state index is 5.91. The highest BCUT2D eigenvalue weighted by atomic mass is 16.5. The zero-order valence-electron chi connectivity index (χ0n) is 15.4. The Balaban J connectivity index is 1.64. The standard InChI is InChI=1S/C20H32N2O2/c1-4-23-19-11-17(5-6-18(19)24-13-16(2)3)12-22-10-8-20(15-22)7-9-21-14-20/h5-6,11,16,21H,4,7-10,12-15H2,1-3H3. The van der Waals surface area contributed by atoms with E-state index in [1.165, 1.54) is 44.6 Å². The fourth-order valence-electron chi connectivity index (χ4n) is 3.86. The van der Waals surface area contributed by atoms with Gasteiger partial charge in [-0.05, 0) is 61.9 Å². The second kappa shape index (κ2) is 7.75. The van der Waals surface area contributed by atoms with E-state index in [0.717, 1.165) is 24.7 Å². The predicted octanol–water partition coefficient (Wildman–Crippen LogP) is 3.31. The van der Waals surface area contributed by atoms with E-state index >= 15 is 0 Å². The monoisotopic (exact) mass is 332 g/mol. The van der Waals surface area contributed by atoms with Crippen molar-refractivity contribution in [3.8, 4) is 11.5 Å². The van der Waals surface area contributed by atoms with E-state index in [1.807, 2.05) is 6.92 Å². The quantitative estimate of drug-likeness (QED) is 0.831. The zero-order chi connectivity index (χ0) is 17.0. The highest BCUT2D eigenvalue weighted by molar-refractivity contribution is 5.43. The lowest BCUT2D eigenvalue weighted by Crippen LogP contribution is -2.28. The van der Waals surface area contributed by atoms with Gasteiger partial charge in [-0.15, -0.1) is 0 Å². The van der Waals surface area contributed by atoms with Crippen LogP contribution in [0.1, 0.15) is 39.2 Å². The van der Waals surface area contributed by atoms with Gasteiger partial charge in [0.05, 0.1) is 13.2 Å². The maximum absolute atomic E-state index is 5.91. The summed E-state index contributed by atoms with van der Waals surface area (Å²) in [6, 6.07) is 6.43. The average molecular weight is 332 g/mol. The fraction of sp³-hybridized carbons (Fsp3) is 0.700. The van der Waals surface area contributed by atoms with Crippen molar-refractivity contribution in [2.24, 2.45) is 11.3 Å². The van der Waals surface area contributed by atoms with Gasteiger partial charge >= 0.3 is 0 Å². The predicted molar refractivity (Wildman–Crippen MR) is 97.8 cm³/mol. The van der Waals surface area contributed by atoms with Crippen molar-refractivity contribution in [1.29, 1.82) is 0 Å². The summed E-state index contributed by atoms with van der Waals surface area (Å²) in [6.45, 7) is 13.5. The lowest BCUT2D eigenvalue weighted by molar-refractivity contribution is 0.246. The molecule has 1 N–H and O–H groups in total. The van der Waals surface area contributed by atoms with Gasteiger partial charge in [0.1, 0.15) is 0 Å². The van der Waals surface area contributed by atoms with Gasteiger partial charge in [-0.1, -0.05) is 19.9 Å². The number of nitrogens with one attached hydrogen (secondary N) is 1. The SMILES string of the molecule is CCOc1cc(CN2CCC3(CCNC3)C2)ccc1OCC(C)C. The molecule has 0 aromatic heterocycles. The van der Waals surface area contributed by atoms with E-state index in [0.29, 0.717) is 17.9 Å². The fourth-order valence-corrected chi connectivity index (χ4v) is 3.86. The number of likely N-dealkylation sites (tertiary alicyclic amines) is 1. The molecule has 1 unspecified atom stereocenters. The number of ether oxygens (including phenoxy) is 2. The van der Waals surface area contributed by atoms with Crippen LogP contribution in [0.5, 0.6) is 11.5 Å². The summed E-state index contributed by atoms with van der Waals surface area (Å²) in [4.78, 5) is 2.59. The highest BCUT2D eigenvalue weighted by Gasteiger charge is 2.40. The number of benzene rings is 1. The van der Waals surface area contributed by atoms with E-state index in [4.69, 9.17) is 9.47 Å². The molecular weight excluding hydrogens is 300 g/mol. The number of rotatable bonds is 7. The Morgan fingerprint density at radius 1 is 1.21 bits per heavy atom. The molecule has 2 aliphatic heterocycles. The molecule has 0 bridgehead atoms. The third-order valence-corrected chi connectivity index (χ3v) is 5.14. The van der Waals surface area contributed by atoms with E-state index < -0.39 is 0 Å². The normalized spacial score (nSPS) is 24.2. The topological polar surface area (TPSA) is 33.7 Å². The van der Waals surface area contributed by atoms with Gasteiger partial charge in [0, 0.05) is 19.6 Å². The molecule has 2 aliphatic rings. The molecular formula is C20H32N2O2. The van der Waals surface area contributed by atoms with E-state index in [2.05, 4.69) is 42.3 Å². The van der Waals surface area contributed by atoms with Crippen LogP contribution in [0.25, 0.3) is 0 Å².